The molecule has 1 atom stereocenters. The zero-order valence-corrected chi connectivity index (χ0v) is 7.91. The molecule has 5 heteroatoms. The third-order valence-corrected chi connectivity index (χ3v) is 1.11. The first kappa shape index (κ1) is 13.3. The number of nitrogens with two attached hydrogens (primary N) is 1. The molecule has 11 heavy (non-hydrogen) atoms. The van der Waals surface area contributed by atoms with Crippen LogP contribution in [0.1, 0.15) is 12.5 Å². The number of nitrogens with one attached hydrogen (secondary N) is 1. The van der Waals surface area contributed by atoms with Gasteiger partial charge in [0, 0.05) is 12.2 Å². The molecular weight excluding hydrogens is 185 g/mol. The molecule has 0 aliphatic carbocycles. The predicted octanol–water partition coefficient (Wildman–Crippen LogP) is 1.14. The van der Waals surface area contributed by atoms with Crippen LogP contribution in [-0.4, -0.2) is 16.2 Å². The van der Waals surface area contributed by atoms with Crippen molar-refractivity contribution in [1.29, 1.82) is 0 Å². The summed E-state index contributed by atoms with van der Waals surface area (Å²) in [6.07, 6.45) is 4.56. The van der Waals surface area contributed by atoms with E-state index in [0.717, 1.165) is 6.42 Å². The number of H-pyrrole nitrogens is 1. The van der Waals surface area contributed by atoms with Gasteiger partial charge in [-0.25, -0.2) is 0 Å². The Labute approximate surface area is 78.6 Å². The average molecular weight is 198 g/mol. The maximum atomic E-state index is 5.54. The lowest BCUT2D eigenvalue weighted by atomic mass is 10.2. The summed E-state index contributed by atoms with van der Waals surface area (Å²) in [6, 6.07) is 0.225. The Morgan fingerprint density at radius 2 is 2.27 bits per heavy atom. The fourth-order valence-electron chi connectivity index (χ4n) is 0.761. The molecule has 0 radical (unpaired) electrons. The topological polar surface area (TPSA) is 54.7 Å². The highest BCUT2D eigenvalue weighted by Gasteiger charge is 1.96. The van der Waals surface area contributed by atoms with E-state index in [9.17, 15) is 0 Å². The molecule has 0 aliphatic heterocycles. The zero-order chi connectivity index (χ0) is 6.69. The lowest BCUT2D eigenvalue weighted by Gasteiger charge is -1.98. The van der Waals surface area contributed by atoms with Crippen molar-refractivity contribution in [2.45, 2.75) is 19.4 Å². The van der Waals surface area contributed by atoms with Crippen molar-refractivity contribution in [1.82, 2.24) is 10.2 Å². The molecule has 0 aliphatic rings. The molecule has 0 fully saturated rings. The first-order chi connectivity index (χ1) is 4.29. The SMILES string of the molecule is CC(N)Cc1cn[nH]c1.Cl.Cl. The van der Waals surface area contributed by atoms with Gasteiger partial charge in [0.2, 0.25) is 0 Å². The molecule has 0 bridgehead atoms. The Balaban J connectivity index is 0. The highest BCUT2D eigenvalue weighted by Crippen LogP contribution is 1.96. The standard InChI is InChI=1S/C6H11N3.2ClH/c1-5(7)2-6-3-8-9-4-6;;/h3-5H,2,7H2,1H3,(H,8,9);2*1H. The maximum Gasteiger partial charge on any atom is 0.0519 e. The molecule has 1 rings (SSSR count). The Kier molecular flexibility index (Phi) is 7.84. The third-order valence-electron chi connectivity index (χ3n) is 1.11. The Morgan fingerprint density at radius 3 is 2.64 bits per heavy atom. The minimum absolute atomic E-state index is 0. The summed E-state index contributed by atoms with van der Waals surface area (Å²) >= 11 is 0. The maximum absolute atomic E-state index is 5.54. The lowest BCUT2D eigenvalue weighted by Crippen LogP contribution is -2.17. The number of aromatic amines is 1. The van der Waals surface area contributed by atoms with Crippen molar-refractivity contribution in [2.75, 3.05) is 0 Å². The van der Waals surface area contributed by atoms with Crippen LogP contribution in [0, 0.1) is 0 Å². The van der Waals surface area contributed by atoms with Crippen LogP contribution in [-0.2, 0) is 6.42 Å². The van der Waals surface area contributed by atoms with Crippen LogP contribution < -0.4 is 5.73 Å². The molecule has 0 saturated heterocycles. The fraction of sp³-hybridized carbons (Fsp3) is 0.500. The van der Waals surface area contributed by atoms with Crippen LogP contribution in [0.15, 0.2) is 12.4 Å². The van der Waals surface area contributed by atoms with Crippen molar-refractivity contribution in [3.63, 3.8) is 0 Å². The van der Waals surface area contributed by atoms with E-state index in [2.05, 4.69) is 10.2 Å². The van der Waals surface area contributed by atoms with Crippen molar-refractivity contribution >= 4 is 24.8 Å². The normalized spacial score (nSPS) is 11.1. The number of nitrogens with zero attached hydrogens (tertiary/aromatic N) is 1. The monoisotopic (exact) mass is 197 g/mol. The van der Waals surface area contributed by atoms with E-state index in [1.54, 1.807) is 6.20 Å². The van der Waals surface area contributed by atoms with E-state index in [1.165, 1.54) is 5.56 Å². The van der Waals surface area contributed by atoms with Gasteiger partial charge >= 0.3 is 0 Å². The summed E-state index contributed by atoms with van der Waals surface area (Å²) in [6.45, 7) is 1.98. The van der Waals surface area contributed by atoms with Gasteiger partial charge in [-0.15, -0.1) is 24.8 Å². The summed E-state index contributed by atoms with van der Waals surface area (Å²) in [4.78, 5) is 0. The Bertz CT molecular complexity index is 162. The second kappa shape index (κ2) is 6.46. The number of halogens is 2. The van der Waals surface area contributed by atoms with E-state index >= 15 is 0 Å². The molecule has 1 unspecified atom stereocenters. The lowest BCUT2D eigenvalue weighted by molar-refractivity contribution is 0.738. The van der Waals surface area contributed by atoms with Crippen molar-refractivity contribution in [3.05, 3.63) is 18.0 Å². The van der Waals surface area contributed by atoms with Crippen molar-refractivity contribution < 1.29 is 0 Å². The second-order valence-electron chi connectivity index (χ2n) is 2.29. The second-order valence-corrected chi connectivity index (χ2v) is 2.29. The number of rotatable bonds is 2. The Morgan fingerprint density at radius 1 is 1.64 bits per heavy atom. The van der Waals surface area contributed by atoms with E-state index in [-0.39, 0.29) is 30.9 Å². The molecule has 1 heterocycles. The molecule has 66 valence electrons. The summed E-state index contributed by atoms with van der Waals surface area (Å²) in [5, 5.41) is 6.52. The van der Waals surface area contributed by atoms with Gasteiger partial charge in [0.1, 0.15) is 0 Å². The third kappa shape index (κ3) is 5.07. The highest BCUT2D eigenvalue weighted by molar-refractivity contribution is 5.85. The summed E-state index contributed by atoms with van der Waals surface area (Å²) in [5.74, 6) is 0. The molecule has 0 aromatic carbocycles. The summed E-state index contributed by atoms with van der Waals surface area (Å²) in [7, 11) is 0. The number of aromatic nitrogens is 2. The highest BCUT2D eigenvalue weighted by atomic mass is 35.5. The number of hydrogen-bond acceptors (Lipinski definition) is 2. The molecule has 0 spiro atoms. The van der Waals surface area contributed by atoms with E-state index in [0.29, 0.717) is 0 Å². The van der Waals surface area contributed by atoms with E-state index in [1.807, 2.05) is 13.1 Å². The smallest absolute Gasteiger partial charge is 0.0519 e. The van der Waals surface area contributed by atoms with Gasteiger partial charge in [-0.05, 0) is 18.9 Å². The van der Waals surface area contributed by atoms with Crippen LogP contribution in [0.2, 0.25) is 0 Å². The molecule has 3 N–H and O–H groups in total. The quantitative estimate of drug-likeness (QED) is 0.748. The summed E-state index contributed by atoms with van der Waals surface area (Å²) in [5.41, 5.74) is 6.71. The molecular formula is C6H13Cl2N3. The van der Waals surface area contributed by atoms with Crippen LogP contribution in [0.25, 0.3) is 0 Å². The minimum atomic E-state index is 0. The van der Waals surface area contributed by atoms with E-state index < -0.39 is 0 Å². The Hall–Kier alpha value is -0.250. The van der Waals surface area contributed by atoms with Gasteiger partial charge < -0.3 is 5.73 Å². The van der Waals surface area contributed by atoms with Crippen LogP contribution in [0.4, 0.5) is 0 Å². The van der Waals surface area contributed by atoms with Crippen LogP contribution in [0.5, 0.6) is 0 Å². The number of hydrogen-bond donors (Lipinski definition) is 2. The van der Waals surface area contributed by atoms with Gasteiger partial charge in [0.25, 0.3) is 0 Å². The van der Waals surface area contributed by atoms with Crippen molar-refractivity contribution in [2.24, 2.45) is 5.73 Å². The van der Waals surface area contributed by atoms with Gasteiger partial charge in [-0.3, -0.25) is 5.10 Å². The minimum Gasteiger partial charge on any atom is -0.328 e. The predicted molar refractivity (Wildman–Crippen MR) is 50.4 cm³/mol. The average Bonchev–Trinajstić information content (AvgIpc) is 2.15. The van der Waals surface area contributed by atoms with Gasteiger partial charge in [0.05, 0.1) is 6.20 Å². The largest absolute Gasteiger partial charge is 0.328 e. The zero-order valence-electron chi connectivity index (χ0n) is 6.28. The van der Waals surface area contributed by atoms with E-state index in [4.69, 9.17) is 5.73 Å². The summed E-state index contributed by atoms with van der Waals surface area (Å²) < 4.78 is 0. The van der Waals surface area contributed by atoms with Crippen LogP contribution in [0.3, 0.4) is 0 Å². The molecule has 1 aromatic heterocycles. The first-order valence-electron chi connectivity index (χ1n) is 3.02. The van der Waals surface area contributed by atoms with Gasteiger partial charge in [-0.2, -0.15) is 5.10 Å². The van der Waals surface area contributed by atoms with Gasteiger partial charge in [-0.1, -0.05) is 0 Å². The fourth-order valence-corrected chi connectivity index (χ4v) is 0.761. The molecule has 0 saturated carbocycles. The van der Waals surface area contributed by atoms with Gasteiger partial charge in [0.15, 0.2) is 0 Å². The van der Waals surface area contributed by atoms with Crippen molar-refractivity contribution in [3.8, 4) is 0 Å². The molecule has 1 aromatic rings. The molecule has 3 nitrogen and oxygen atoms in total. The first-order valence-corrected chi connectivity index (χ1v) is 3.02. The van der Waals surface area contributed by atoms with Crippen LogP contribution >= 0.6 is 24.8 Å². The molecule has 0 amide bonds.